The second-order valence-corrected chi connectivity index (χ2v) is 5.64. The average molecular weight is 363 g/mol. The molecular formula is C19H13N3O5. The van der Waals surface area contributed by atoms with Crippen LogP contribution in [0, 0.1) is 11.3 Å². The minimum absolute atomic E-state index is 0.230. The van der Waals surface area contributed by atoms with Crippen molar-refractivity contribution in [1.29, 1.82) is 5.26 Å². The highest BCUT2D eigenvalue weighted by atomic mass is 16.5. The normalized spacial score (nSPS) is 12.3. The van der Waals surface area contributed by atoms with Crippen molar-refractivity contribution in [1.82, 2.24) is 4.90 Å². The number of anilines is 1. The second-order valence-electron chi connectivity index (χ2n) is 5.64. The first-order chi connectivity index (χ1) is 13.0. The van der Waals surface area contributed by atoms with Gasteiger partial charge >= 0.3 is 5.97 Å². The summed E-state index contributed by atoms with van der Waals surface area (Å²) in [6, 6.07) is 14.4. The van der Waals surface area contributed by atoms with Gasteiger partial charge in [-0.15, -0.1) is 0 Å². The smallest absolute Gasteiger partial charge is 0.326 e. The first-order valence-electron chi connectivity index (χ1n) is 7.90. The number of nitriles is 1. The monoisotopic (exact) mass is 363 g/mol. The van der Waals surface area contributed by atoms with Crippen molar-refractivity contribution in [2.75, 3.05) is 18.5 Å². The number of amides is 3. The minimum Gasteiger partial charge on any atom is -0.454 e. The van der Waals surface area contributed by atoms with Crippen molar-refractivity contribution in [2.24, 2.45) is 0 Å². The number of fused-ring (bicyclic) bond motifs is 1. The molecule has 0 aliphatic carbocycles. The molecule has 2 aromatic rings. The van der Waals surface area contributed by atoms with E-state index in [4.69, 9.17) is 10.00 Å². The highest BCUT2D eigenvalue weighted by Gasteiger charge is 2.36. The summed E-state index contributed by atoms with van der Waals surface area (Å²) in [4.78, 5) is 48.8. The summed E-state index contributed by atoms with van der Waals surface area (Å²) >= 11 is 0. The van der Waals surface area contributed by atoms with Gasteiger partial charge < -0.3 is 10.1 Å². The van der Waals surface area contributed by atoms with E-state index in [1.54, 1.807) is 12.1 Å². The molecule has 8 nitrogen and oxygen atoms in total. The van der Waals surface area contributed by atoms with E-state index in [0.29, 0.717) is 11.3 Å². The Morgan fingerprint density at radius 1 is 1.00 bits per heavy atom. The van der Waals surface area contributed by atoms with Crippen LogP contribution in [0.1, 0.15) is 26.3 Å². The van der Waals surface area contributed by atoms with Crippen LogP contribution >= 0.6 is 0 Å². The molecule has 1 N–H and O–H groups in total. The summed E-state index contributed by atoms with van der Waals surface area (Å²) in [5.41, 5.74) is 1.35. The summed E-state index contributed by atoms with van der Waals surface area (Å²) in [6.45, 7) is -1.14. The van der Waals surface area contributed by atoms with Crippen molar-refractivity contribution in [2.45, 2.75) is 0 Å². The Morgan fingerprint density at radius 3 is 2.15 bits per heavy atom. The van der Waals surface area contributed by atoms with Gasteiger partial charge in [-0.1, -0.05) is 12.1 Å². The molecule has 1 aliphatic rings. The van der Waals surface area contributed by atoms with Crippen molar-refractivity contribution >= 4 is 29.4 Å². The largest absolute Gasteiger partial charge is 0.454 e. The third kappa shape index (κ3) is 3.82. The van der Waals surface area contributed by atoms with E-state index in [9.17, 15) is 19.2 Å². The van der Waals surface area contributed by atoms with Gasteiger partial charge in [0.15, 0.2) is 6.61 Å². The molecule has 0 saturated heterocycles. The van der Waals surface area contributed by atoms with Gasteiger partial charge in [-0.25, -0.2) is 0 Å². The van der Waals surface area contributed by atoms with E-state index in [2.05, 4.69) is 5.32 Å². The molecule has 3 amide bonds. The molecule has 1 heterocycles. The lowest BCUT2D eigenvalue weighted by molar-refractivity contribution is -0.147. The summed E-state index contributed by atoms with van der Waals surface area (Å²) < 4.78 is 4.83. The van der Waals surface area contributed by atoms with Gasteiger partial charge in [0.05, 0.1) is 22.8 Å². The highest BCUT2D eigenvalue weighted by Crippen LogP contribution is 2.22. The number of rotatable bonds is 5. The number of imide groups is 1. The molecule has 0 unspecified atom stereocenters. The van der Waals surface area contributed by atoms with Gasteiger partial charge in [0, 0.05) is 5.69 Å². The molecule has 0 aromatic heterocycles. The number of hydrogen-bond acceptors (Lipinski definition) is 6. The predicted molar refractivity (Wildman–Crippen MR) is 92.6 cm³/mol. The van der Waals surface area contributed by atoms with Crippen molar-refractivity contribution < 1.29 is 23.9 Å². The Hall–Kier alpha value is -3.99. The van der Waals surface area contributed by atoms with Crippen molar-refractivity contribution in [3.8, 4) is 6.07 Å². The summed E-state index contributed by atoms with van der Waals surface area (Å²) in [5, 5.41) is 11.2. The van der Waals surface area contributed by atoms with E-state index >= 15 is 0 Å². The molecule has 0 fully saturated rings. The fourth-order valence-electron chi connectivity index (χ4n) is 2.53. The molecular weight excluding hydrogens is 350 g/mol. The maximum absolute atomic E-state index is 12.2. The zero-order valence-corrected chi connectivity index (χ0v) is 14.0. The van der Waals surface area contributed by atoms with Crippen LogP contribution in [0.25, 0.3) is 0 Å². The van der Waals surface area contributed by atoms with E-state index in [1.807, 2.05) is 6.07 Å². The van der Waals surface area contributed by atoms with Crippen LogP contribution in [-0.2, 0) is 14.3 Å². The Labute approximate surface area is 153 Å². The van der Waals surface area contributed by atoms with Gasteiger partial charge in [0.2, 0.25) is 0 Å². The number of hydrogen-bond donors (Lipinski definition) is 1. The van der Waals surface area contributed by atoms with E-state index < -0.39 is 36.8 Å². The number of esters is 1. The number of benzene rings is 2. The van der Waals surface area contributed by atoms with E-state index in [-0.39, 0.29) is 11.1 Å². The lowest BCUT2D eigenvalue weighted by atomic mass is 10.1. The first kappa shape index (κ1) is 17.8. The number of nitrogens with one attached hydrogen (secondary N) is 1. The van der Waals surface area contributed by atoms with Crippen LogP contribution < -0.4 is 5.32 Å². The number of nitrogens with zero attached hydrogens (tertiary/aromatic N) is 2. The van der Waals surface area contributed by atoms with Crippen LogP contribution in [-0.4, -0.2) is 41.7 Å². The molecule has 0 bridgehead atoms. The zero-order chi connectivity index (χ0) is 19.4. The van der Waals surface area contributed by atoms with Gasteiger partial charge in [-0.3, -0.25) is 24.1 Å². The third-order valence-electron chi connectivity index (χ3n) is 3.83. The van der Waals surface area contributed by atoms with Gasteiger partial charge in [0.25, 0.3) is 17.7 Å². The van der Waals surface area contributed by atoms with E-state index in [1.165, 1.54) is 36.4 Å². The molecule has 8 heteroatoms. The Balaban J connectivity index is 1.51. The minimum atomic E-state index is -0.875. The topological polar surface area (TPSA) is 117 Å². The number of carbonyl (C=O) groups excluding carboxylic acids is 4. The molecule has 3 rings (SSSR count). The van der Waals surface area contributed by atoms with Crippen LogP contribution in [0.4, 0.5) is 5.69 Å². The van der Waals surface area contributed by atoms with Crippen molar-refractivity contribution in [3.05, 3.63) is 65.2 Å². The first-order valence-corrected chi connectivity index (χ1v) is 7.90. The number of ether oxygens (including phenoxy) is 1. The molecule has 0 saturated carbocycles. The Morgan fingerprint density at radius 2 is 1.59 bits per heavy atom. The summed E-state index contributed by atoms with van der Waals surface area (Å²) in [5.74, 6) is -2.61. The lowest BCUT2D eigenvalue weighted by Gasteiger charge is -2.13. The molecule has 27 heavy (non-hydrogen) atoms. The van der Waals surface area contributed by atoms with Gasteiger partial charge in [0.1, 0.15) is 6.54 Å². The van der Waals surface area contributed by atoms with Crippen LogP contribution in [0.15, 0.2) is 48.5 Å². The van der Waals surface area contributed by atoms with Crippen molar-refractivity contribution in [3.63, 3.8) is 0 Å². The summed E-state index contributed by atoms with van der Waals surface area (Å²) in [7, 11) is 0. The van der Waals surface area contributed by atoms with Crippen LogP contribution in [0.5, 0.6) is 0 Å². The third-order valence-corrected chi connectivity index (χ3v) is 3.83. The Bertz CT molecular complexity index is 941. The standard InChI is InChI=1S/C19H13N3O5/c20-9-12-5-7-13(8-6-12)21-16(23)11-27-17(24)10-22-18(25)14-3-1-2-4-15(14)19(22)26/h1-8H,10-11H2,(H,21,23). The Kier molecular flexibility index (Phi) is 4.95. The van der Waals surface area contributed by atoms with Gasteiger partial charge in [-0.2, -0.15) is 5.26 Å². The van der Waals surface area contributed by atoms with Crippen LogP contribution in [0.3, 0.4) is 0 Å². The molecule has 134 valence electrons. The zero-order valence-electron chi connectivity index (χ0n) is 14.0. The van der Waals surface area contributed by atoms with Crippen LogP contribution in [0.2, 0.25) is 0 Å². The second kappa shape index (κ2) is 7.49. The van der Waals surface area contributed by atoms with Gasteiger partial charge in [-0.05, 0) is 36.4 Å². The average Bonchev–Trinajstić information content (AvgIpc) is 2.92. The molecule has 0 spiro atoms. The quantitative estimate of drug-likeness (QED) is 0.633. The molecule has 0 atom stereocenters. The van der Waals surface area contributed by atoms with E-state index in [0.717, 1.165) is 4.90 Å². The number of carbonyl (C=O) groups is 4. The molecule has 2 aromatic carbocycles. The molecule has 1 aliphatic heterocycles. The predicted octanol–water partition coefficient (Wildman–Crippen LogP) is 1.34. The highest BCUT2D eigenvalue weighted by molar-refractivity contribution is 6.22. The summed E-state index contributed by atoms with van der Waals surface area (Å²) in [6.07, 6.45) is 0. The fourth-order valence-corrected chi connectivity index (χ4v) is 2.53. The maximum atomic E-state index is 12.2. The SMILES string of the molecule is N#Cc1ccc(NC(=O)COC(=O)CN2C(=O)c3ccccc3C2=O)cc1. The lowest BCUT2D eigenvalue weighted by Crippen LogP contribution is -2.36. The molecule has 0 radical (unpaired) electrons. The fraction of sp³-hybridized carbons (Fsp3) is 0.105. The maximum Gasteiger partial charge on any atom is 0.326 e.